The highest BCUT2D eigenvalue weighted by molar-refractivity contribution is 6.07. The molecule has 0 heteroatoms. The highest BCUT2D eigenvalue weighted by atomic mass is 14.1. The van der Waals surface area contributed by atoms with Gasteiger partial charge in [0.1, 0.15) is 0 Å². The molecule has 4 aromatic rings. The first-order chi connectivity index (χ1) is 11.9. The van der Waals surface area contributed by atoms with Crippen molar-refractivity contribution in [2.75, 3.05) is 0 Å². The molecule has 112 valence electrons. The molecular formula is C24H16. The van der Waals surface area contributed by atoms with Gasteiger partial charge in [-0.3, -0.25) is 0 Å². The van der Waals surface area contributed by atoms with Crippen molar-refractivity contribution in [3.05, 3.63) is 96.1 Å². The van der Waals surface area contributed by atoms with Crippen molar-refractivity contribution in [2.24, 2.45) is 0 Å². The molecule has 0 radical (unpaired) electrons. The minimum absolute atomic E-state index is 1.27. The highest BCUT2D eigenvalue weighted by Gasteiger charge is 2.07. The molecule has 0 heterocycles. The Morgan fingerprint density at radius 3 is 1.92 bits per heavy atom. The van der Waals surface area contributed by atoms with Crippen LogP contribution < -0.4 is 0 Å². The summed E-state index contributed by atoms with van der Waals surface area (Å²) in [6.07, 6.45) is 12.8. The first-order valence-electron chi connectivity index (χ1n) is 8.29. The molecule has 0 saturated carbocycles. The molecule has 1 aliphatic rings. The Bertz CT molecular complexity index is 1190. The Kier molecular flexibility index (Phi) is 2.89. The molecule has 5 rings (SSSR count). The summed E-state index contributed by atoms with van der Waals surface area (Å²) in [6, 6.07) is 22.2. The van der Waals surface area contributed by atoms with Gasteiger partial charge in [0.05, 0.1) is 0 Å². The molecule has 0 atom stereocenters. The number of hydrogen-bond donors (Lipinski definition) is 0. The van der Waals surface area contributed by atoms with Crippen LogP contribution in [0, 0.1) is 0 Å². The molecule has 4 aromatic carbocycles. The van der Waals surface area contributed by atoms with E-state index in [0.29, 0.717) is 0 Å². The summed E-state index contributed by atoms with van der Waals surface area (Å²) in [4.78, 5) is 0. The van der Waals surface area contributed by atoms with E-state index in [1.165, 1.54) is 43.4 Å². The van der Waals surface area contributed by atoms with Gasteiger partial charge in [0.2, 0.25) is 0 Å². The van der Waals surface area contributed by atoms with Gasteiger partial charge >= 0.3 is 0 Å². The van der Waals surface area contributed by atoms with Crippen LogP contribution in [-0.2, 0) is 0 Å². The first-order valence-corrected chi connectivity index (χ1v) is 8.29. The smallest absolute Gasteiger partial charge is 0.00990 e. The van der Waals surface area contributed by atoms with E-state index in [0.717, 1.165) is 0 Å². The predicted molar refractivity (Wildman–Crippen MR) is 106 cm³/mol. The minimum atomic E-state index is 1.27. The SMILES string of the molecule is C1=CC=Cc2c(ccc3cc4cc5ccccc5cc4cc23)C=C1. The van der Waals surface area contributed by atoms with Crippen molar-refractivity contribution in [3.63, 3.8) is 0 Å². The van der Waals surface area contributed by atoms with Crippen molar-refractivity contribution in [1.82, 2.24) is 0 Å². The van der Waals surface area contributed by atoms with Crippen molar-refractivity contribution in [2.45, 2.75) is 0 Å². The number of fused-ring (bicyclic) bond motifs is 5. The fourth-order valence-electron chi connectivity index (χ4n) is 3.58. The zero-order chi connectivity index (χ0) is 15.9. The molecule has 0 bridgehead atoms. The van der Waals surface area contributed by atoms with E-state index in [1.54, 1.807) is 0 Å². The van der Waals surface area contributed by atoms with Crippen LogP contribution in [0.3, 0.4) is 0 Å². The first kappa shape index (κ1) is 13.3. The number of benzene rings is 4. The van der Waals surface area contributed by atoms with Crippen LogP contribution in [0.25, 0.3) is 44.5 Å². The van der Waals surface area contributed by atoms with Crippen LogP contribution in [0.4, 0.5) is 0 Å². The van der Waals surface area contributed by atoms with Crippen molar-refractivity contribution in [1.29, 1.82) is 0 Å². The van der Waals surface area contributed by atoms with E-state index >= 15 is 0 Å². The largest absolute Gasteiger partial charge is 0.0622 e. The van der Waals surface area contributed by atoms with Crippen molar-refractivity contribution < 1.29 is 0 Å². The molecule has 0 nitrogen and oxygen atoms in total. The Hall–Kier alpha value is -3.12. The fourth-order valence-corrected chi connectivity index (χ4v) is 3.58. The summed E-state index contributed by atoms with van der Waals surface area (Å²) in [5.41, 5.74) is 2.56. The second-order valence-electron chi connectivity index (χ2n) is 6.29. The Labute approximate surface area is 141 Å². The van der Waals surface area contributed by atoms with Crippen LogP contribution in [0.5, 0.6) is 0 Å². The predicted octanol–water partition coefficient (Wildman–Crippen LogP) is 6.74. The lowest BCUT2D eigenvalue weighted by Gasteiger charge is -2.10. The molecule has 0 unspecified atom stereocenters. The Morgan fingerprint density at radius 1 is 0.458 bits per heavy atom. The van der Waals surface area contributed by atoms with Crippen molar-refractivity contribution >= 4 is 44.5 Å². The summed E-state index contributed by atoms with van der Waals surface area (Å²) < 4.78 is 0. The molecular weight excluding hydrogens is 288 g/mol. The lowest BCUT2D eigenvalue weighted by Crippen LogP contribution is -1.87. The third-order valence-electron chi connectivity index (χ3n) is 4.79. The fraction of sp³-hybridized carbons (Fsp3) is 0. The van der Waals surface area contributed by atoms with E-state index in [4.69, 9.17) is 0 Å². The molecule has 0 aliphatic heterocycles. The van der Waals surface area contributed by atoms with Gasteiger partial charge < -0.3 is 0 Å². The zero-order valence-electron chi connectivity index (χ0n) is 13.2. The summed E-state index contributed by atoms with van der Waals surface area (Å²) in [5, 5.41) is 7.78. The standard InChI is InChI=1S/C24H16/c1-2-4-10-23-17(7-3-1)11-12-20-15-21-13-18-8-5-6-9-19(18)14-22(21)16-24(20)23/h1-16H. The molecule has 0 saturated heterocycles. The number of allylic oxidation sites excluding steroid dienone is 4. The third kappa shape index (κ3) is 2.08. The second-order valence-corrected chi connectivity index (χ2v) is 6.29. The van der Waals surface area contributed by atoms with Gasteiger partial charge in [0.15, 0.2) is 0 Å². The molecule has 24 heavy (non-hydrogen) atoms. The topological polar surface area (TPSA) is 0 Å². The van der Waals surface area contributed by atoms with Crippen LogP contribution in [0.15, 0.2) is 85.0 Å². The van der Waals surface area contributed by atoms with Gasteiger partial charge in [-0.15, -0.1) is 0 Å². The maximum atomic E-state index is 2.33. The third-order valence-corrected chi connectivity index (χ3v) is 4.79. The van der Waals surface area contributed by atoms with E-state index < -0.39 is 0 Å². The molecule has 0 spiro atoms. The quantitative estimate of drug-likeness (QED) is 0.315. The van der Waals surface area contributed by atoms with E-state index in [9.17, 15) is 0 Å². The monoisotopic (exact) mass is 304 g/mol. The number of rotatable bonds is 0. The maximum Gasteiger partial charge on any atom is -0.00990 e. The van der Waals surface area contributed by atoms with Crippen LogP contribution in [0.2, 0.25) is 0 Å². The molecule has 0 amide bonds. The van der Waals surface area contributed by atoms with E-state index in [1.807, 2.05) is 0 Å². The Balaban J connectivity index is 1.89. The summed E-state index contributed by atoms with van der Waals surface area (Å²) in [6.45, 7) is 0. The lowest BCUT2D eigenvalue weighted by atomic mass is 9.93. The normalized spacial score (nSPS) is 13.3. The summed E-state index contributed by atoms with van der Waals surface area (Å²) >= 11 is 0. The summed E-state index contributed by atoms with van der Waals surface area (Å²) in [7, 11) is 0. The van der Waals surface area contributed by atoms with Gasteiger partial charge in [0, 0.05) is 0 Å². The Morgan fingerprint density at radius 2 is 1.12 bits per heavy atom. The second kappa shape index (κ2) is 5.21. The molecule has 0 aromatic heterocycles. The molecule has 0 fully saturated rings. The summed E-state index contributed by atoms with van der Waals surface area (Å²) in [5.74, 6) is 0. The molecule has 0 N–H and O–H groups in total. The average Bonchev–Trinajstić information content (AvgIpc) is 2.58. The van der Waals surface area contributed by atoms with Crippen LogP contribution in [0.1, 0.15) is 11.1 Å². The minimum Gasteiger partial charge on any atom is -0.0622 e. The van der Waals surface area contributed by atoms with Gasteiger partial charge in [-0.25, -0.2) is 0 Å². The van der Waals surface area contributed by atoms with Gasteiger partial charge in [-0.05, 0) is 67.7 Å². The highest BCUT2D eigenvalue weighted by Crippen LogP contribution is 2.32. The number of hydrogen-bond acceptors (Lipinski definition) is 0. The van der Waals surface area contributed by atoms with Gasteiger partial charge in [-0.2, -0.15) is 0 Å². The maximum absolute atomic E-state index is 2.33. The van der Waals surface area contributed by atoms with Gasteiger partial charge in [-0.1, -0.05) is 72.9 Å². The van der Waals surface area contributed by atoms with Crippen LogP contribution >= 0.6 is 0 Å². The molecule has 1 aliphatic carbocycles. The van der Waals surface area contributed by atoms with E-state index in [-0.39, 0.29) is 0 Å². The van der Waals surface area contributed by atoms with Gasteiger partial charge in [0.25, 0.3) is 0 Å². The van der Waals surface area contributed by atoms with Crippen molar-refractivity contribution in [3.8, 4) is 0 Å². The van der Waals surface area contributed by atoms with Crippen LogP contribution in [-0.4, -0.2) is 0 Å². The lowest BCUT2D eigenvalue weighted by molar-refractivity contribution is 1.67. The average molecular weight is 304 g/mol. The zero-order valence-corrected chi connectivity index (χ0v) is 13.2. The van der Waals surface area contributed by atoms with E-state index in [2.05, 4.69) is 97.1 Å².